The van der Waals surface area contributed by atoms with Crippen LogP contribution in [0.4, 0.5) is 0 Å². The van der Waals surface area contributed by atoms with Crippen molar-refractivity contribution in [3.05, 3.63) is 48.0 Å². The predicted octanol–water partition coefficient (Wildman–Crippen LogP) is 1.04. The Kier molecular flexibility index (Phi) is 1.43. The maximum absolute atomic E-state index is 11.4. The molecule has 59 valence electrons. The Bertz CT molecular complexity index is 473. The number of rotatable bonds is 0. The van der Waals surface area contributed by atoms with Gasteiger partial charge < -0.3 is 0 Å². The molecule has 0 saturated carbocycles. The van der Waals surface area contributed by atoms with E-state index in [-0.39, 0.29) is 5.56 Å². The molecule has 0 fully saturated rings. The Hall–Kier alpha value is -1.64. The molecule has 1 aromatic heterocycles. The minimum Gasteiger partial charge on any atom is -0.297 e. The van der Waals surface area contributed by atoms with E-state index in [4.69, 9.17) is 0 Å². The molecule has 1 heterocycles. The smallest absolute Gasteiger partial charge is 0.261 e. The Balaban J connectivity index is 3.01. The van der Waals surface area contributed by atoms with Crippen LogP contribution in [0.3, 0.4) is 0 Å². The first-order valence-corrected chi connectivity index (χ1v) is 3.56. The summed E-state index contributed by atoms with van der Waals surface area (Å²) < 4.78 is 1.22. The van der Waals surface area contributed by atoms with Crippen molar-refractivity contribution in [2.24, 2.45) is 0 Å². The number of hydrogen-bond donors (Lipinski definition) is 0. The highest BCUT2D eigenvalue weighted by atomic mass is 16.1. The largest absolute Gasteiger partial charge is 0.297 e. The number of aromatic nitrogens is 2. The maximum atomic E-state index is 11.4. The average molecular weight is 159 g/mol. The van der Waals surface area contributed by atoms with Gasteiger partial charge in [-0.3, -0.25) is 9.36 Å². The van der Waals surface area contributed by atoms with Gasteiger partial charge in [0.15, 0.2) is 0 Å². The van der Waals surface area contributed by atoms with Gasteiger partial charge in [-0.25, -0.2) is 4.98 Å². The van der Waals surface area contributed by atoms with Gasteiger partial charge in [0.2, 0.25) is 0 Å². The molecule has 0 spiro atoms. The van der Waals surface area contributed by atoms with E-state index in [1.54, 1.807) is 12.1 Å². The van der Waals surface area contributed by atoms with Gasteiger partial charge in [0.1, 0.15) is 0 Å². The zero-order valence-electron chi connectivity index (χ0n) is 6.40. The lowest BCUT2D eigenvalue weighted by atomic mass is 10.2. The molecular weight excluding hydrogens is 152 g/mol. The van der Waals surface area contributed by atoms with Gasteiger partial charge in [0, 0.05) is 7.05 Å². The van der Waals surface area contributed by atoms with Crippen LogP contribution in [0.5, 0.6) is 0 Å². The van der Waals surface area contributed by atoms with Crippen molar-refractivity contribution in [3.8, 4) is 0 Å². The molecule has 3 heteroatoms. The van der Waals surface area contributed by atoms with Gasteiger partial charge in [-0.15, -0.1) is 0 Å². The van der Waals surface area contributed by atoms with E-state index in [2.05, 4.69) is 12.0 Å². The van der Waals surface area contributed by atoms with E-state index in [1.165, 1.54) is 10.9 Å². The van der Waals surface area contributed by atoms with Crippen molar-refractivity contribution in [1.29, 1.82) is 0 Å². The standard InChI is InChI=1S/C9H7N2O/c1-11-6-10-8-5-3-2-4-7(8)9(11)12/h2-6H,1H2. The minimum atomic E-state index is -0.111. The summed E-state index contributed by atoms with van der Waals surface area (Å²) in [5, 5.41) is 0.606. The van der Waals surface area contributed by atoms with Crippen molar-refractivity contribution < 1.29 is 0 Å². The first kappa shape index (κ1) is 7.03. The summed E-state index contributed by atoms with van der Waals surface area (Å²) in [7, 11) is 3.51. The number of benzene rings is 1. The highest BCUT2D eigenvalue weighted by molar-refractivity contribution is 5.76. The van der Waals surface area contributed by atoms with Crippen LogP contribution < -0.4 is 5.56 Å². The van der Waals surface area contributed by atoms with Gasteiger partial charge in [-0.1, -0.05) is 12.1 Å². The summed E-state index contributed by atoms with van der Waals surface area (Å²) in [6.07, 6.45) is 1.42. The zero-order chi connectivity index (χ0) is 8.55. The van der Waals surface area contributed by atoms with E-state index in [0.29, 0.717) is 10.9 Å². The van der Waals surface area contributed by atoms with Crippen LogP contribution in [0.2, 0.25) is 0 Å². The topological polar surface area (TPSA) is 34.9 Å². The summed E-state index contributed by atoms with van der Waals surface area (Å²) in [5.41, 5.74) is 0.600. The van der Waals surface area contributed by atoms with E-state index in [1.807, 2.05) is 12.1 Å². The van der Waals surface area contributed by atoms with E-state index < -0.39 is 0 Å². The summed E-state index contributed by atoms with van der Waals surface area (Å²) in [5.74, 6) is 0. The molecule has 0 amide bonds. The lowest BCUT2D eigenvalue weighted by Crippen LogP contribution is -2.15. The molecule has 0 bridgehead atoms. The molecule has 2 aromatic rings. The van der Waals surface area contributed by atoms with Gasteiger partial charge in [-0.05, 0) is 12.1 Å². The minimum absolute atomic E-state index is 0.111. The molecule has 0 N–H and O–H groups in total. The van der Waals surface area contributed by atoms with Crippen LogP contribution in [0.25, 0.3) is 10.9 Å². The normalized spacial score (nSPS) is 10.4. The quantitative estimate of drug-likeness (QED) is 0.575. The van der Waals surface area contributed by atoms with E-state index >= 15 is 0 Å². The number of para-hydroxylation sites is 1. The molecular formula is C9H7N2O. The summed E-state index contributed by atoms with van der Waals surface area (Å²) in [4.78, 5) is 15.4. The van der Waals surface area contributed by atoms with E-state index in [0.717, 1.165) is 0 Å². The zero-order valence-corrected chi connectivity index (χ0v) is 6.40. The van der Waals surface area contributed by atoms with Gasteiger partial charge in [0.25, 0.3) is 5.56 Å². The number of hydrogen-bond acceptors (Lipinski definition) is 2. The second kappa shape index (κ2) is 2.44. The molecule has 2 rings (SSSR count). The van der Waals surface area contributed by atoms with Crippen molar-refractivity contribution in [2.75, 3.05) is 0 Å². The van der Waals surface area contributed by atoms with Gasteiger partial charge in [0.05, 0.1) is 17.2 Å². The fourth-order valence-electron chi connectivity index (χ4n) is 1.11. The number of fused-ring (bicyclic) bond motifs is 1. The Morgan fingerprint density at radius 2 is 2.08 bits per heavy atom. The fraction of sp³-hybridized carbons (Fsp3) is 0. The SMILES string of the molecule is [CH2]n1cnc2ccccc2c1=O. The average Bonchev–Trinajstić information content (AvgIpc) is 2.12. The van der Waals surface area contributed by atoms with Crippen molar-refractivity contribution in [2.45, 2.75) is 0 Å². The molecule has 12 heavy (non-hydrogen) atoms. The maximum Gasteiger partial charge on any atom is 0.261 e. The molecule has 0 aliphatic carbocycles. The van der Waals surface area contributed by atoms with Gasteiger partial charge in [-0.2, -0.15) is 0 Å². The molecule has 0 aliphatic rings. The molecule has 3 nitrogen and oxygen atoms in total. The Labute approximate surface area is 69.3 Å². The second-order valence-corrected chi connectivity index (χ2v) is 2.54. The molecule has 0 atom stereocenters. The van der Waals surface area contributed by atoms with Crippen LogP contribution in [-0.2, 0) is 0 Å². The van der Waals surface area contributed by atoms with Crippen LogP contribution in [0.1, 0.15) is 0 Å². The van der Waals surface area contributed by atoms with Crippen molar-refractivity contribution in [1.82, 2.24) is 9.55 Å². The van der Waals surface area contributed by atoms with Crippen molar-refractivity contribution >= 4 is 10.9 Å². The molecule has 0 aliphatic heterocycles. The number of nitrogens with zero attached hydrogens (tertiary/aromatic N) is 2. The third kappa shape index (κ3) is 0.906. The van der Waals surface area contributed by atoms with Crippen LogP contribution in [-0.4, -0.2) is 9.55 Å². The summed E-state index contributed by atoms with van der Waals surface area (Å²) in [6.45, 7) is 0. The third-order valence-electron chi connectivity index (χ3n) is 1.73. The first-order valence-electron chi connectivity index (χ1n) is 3.56. The van der Waals surface area contributed by atoms with Gasteiger partial charge >= 0.3 is 0 Å². The third-order valence-corrected chi connectivity index (χ3v) is 1.73. The second-order valence-electron chi connectivity index (χ2n) is 2.54. The predicted molar refractivity (Wildman–Crippen MR) is 46.8 cm³/mol. The molecule has 0 saturated heterocycles. The molecule has 1 radical (unpaired) electrons. The monoisotopic (exact) mass is 159 g/mol. The fourth-order valence-corrected chi connectivity index (χ4v) is 1.11. The lowest BCUT2D eigenvalue weighted by Gasteiger charge is -1.97. The molecule has 1 aromatic carbocycles. The van der Waals surface area contributed by atoms with Crippen molar-refractivity contribution in [3.63, 3.8) is 0 Å². The van der Waals surface area contributed by atoms with E-state index in [9.17, 15) is 4.79 Å². The highest BCUT2D eigenvalue weighted by Gasteiger charge is 1.98. The summed E-state index contributed by atoms with van der Waals surface area (Å²) >= 11 is 0. The van der Waals surface area contributed by atoms with Crippen LogP contribution in [0, 0.1) is 7.05 Å². The van der Waals surface area contributed by atoms with Crippen LogP contribution in [0.15, 0.2) is 35.4 Å². The first-order chi connectivity index (χ1) is 5.79. The Morgan fingerprint density at radius 3 is 2.92 bits per heavy atom. The Morgan fingerprint density at radius 1 is 1.33 bits per heavy atom. The highest BCUT2D eigenvalue weighted by Crippen LogP contribution is 2.03. The molecule has 0 unspecified atom stereocenters. The van der Waals surface area contributed by atoms with Crippen LogP contribution >= 0.6 is 0 Å². The lowest BCUT2D eigenvalue weighted by molar-refractivity contribution is 0.963. The summed E-state index contributed by atoms with van der Waals surface area (Å²) in [6, 6.07) is 7.21.